The largest absolute Gasteiger partial charge is 0.353 e. The molecule has 0 saturated carbocycles. The molecule has 0 aliphatic carbocycles. The van der Waals surface area contributed by atoms with Gasteiger partial charge in [-0.3, -0.25) is 4.79 Å². The fraction of sp³-hybridized carbons (Fsp3) is 0.583. The molecule has 0 radical (unpaired) electrons. The summed E-state index contributed by atoms with van der Waals surface area (Å²) in [6.45, 7) is 4.16. The Bertz CT molecular complexity index is 532. The smallest absolute Gasteiger partial charge is 0.252 e. The van der Waals surface area contributed by atoms with Crippen molar-refractivity contribution in [3.8, 4) is 0 Å². The van der Waals surface area contributed by atoms with Crippen molar-refractivity contribution in [3.63, 3.8) is 0 Å². The first-order valence-corrected chi connectivity index (χ1v) is 8.62. The summed E-state index contributed by atoms with van der Waals surface area (Å²) < 4.78 is 25.7. The van der Waals surface area contributed by atoms with Crippen LogP contribution in [0, 0.1) is 5.92 Å². The van der Waals surface area contributed by atoms with Gasteiger partial charge in [0.2, 0.25) is 5.91 Å². The predicted molar refractivity (Wildman–Crippen MR) is 87.2 cm³/mol. The summed E-state index contributed by atoms with van der Waals surface area (Å²) in [4.78, 5) is 11.6. The topological polar surface area (TPSA) is 92.5 Å². The first-order chi connectivity index (χ1) is 9.26. The second kappa shape index (κ2) is 8.70. The van der Waals surface area contributed by atoms with Gasteiger partial charge in [0.1, 0.15) is 4.21 Å². The highest BCUT2D eigenvalue weighted by Crippen LogP contribution is 2.19. The molecule has 0 saturated heterocycles. The van der Waals surface area contributed by atoms with E-state index in [-0.39, 0.29) is 37.3 Å². The Morgan fingerprint density at radius 2 is 2.10 bits per heavy atom. The fourth-order valence-corrected chi connectivity index (χ4v) is 3.81. The molecule has 0 bridgehead atoms. The van der Waals surface area contributed by atoms with Gasteiger partial charge in [-0.05, 0) is 17.4 Å². The van der Waals surface area contributed by atoms with Gasteiger partial charge in [-0.1, -0.05) is 19.9 Å². The number of carbonyl (C=O) groups excluding carboxylic acids is 1. The van der Waals surface area contributed by atoms with Gasteiger partial charge in [0.05, 0.1) is 6.04 Å². The Morgan fingerprint density at radius 1 is 1.48 bits per heavy atom. The number of sulfonamides is 1. The van der Waals surface area contributed by atoms with Crippen molar-refractivity contribution in [1.29, 1.82) is 0 Å². The van der Waals surface area contributed by atoms with Gasteiger partial charge in [-0.15, -0.1) is 23.7 Å². The molecule has 0 unspecified atom stereocenters. The van der Waals surface area contributed by atoms with Gasteiger partial charge in [-0.25, -0.2) is 8.42 Å². The molecule has 0 aliphatic heterocycles. The number of halogens is 1. The number of hydrogen-bond acceptors (Lipinski definition) is 5. The van der Waals surface area contributed by atoms with Gasteiger partial charge in [0, 0.05) is 20.1 Å². The molecule has 0 aromatic carbocycles. The number of thiophene rings is 1. The van der Waals surface area contributed by atoms with E-state index < -0.39 is 16.1 Å². The molecule has 9 heteroatoms. The van der Waals surface area contributed by atoms with Gasteiger partial charge >= 0.3 is 0 Å². The zero-order chi connectivity index (χ0) is 15.3. The molecule has 122 valence electrons. The third kappa shape index (κ3) is 5.55. The molecule has 3 N–H and O–H groups in total. The van der Waals surface area contributed by atoms with Crippen LogP contribution in [0.1, 0.15) is 13.8 Å². The van der Waals surface area contributed by atoms with E-state index in [0.717, 1.165) is 0 Å². The first kappa shape index (κ1) is 20.3. The van der Waals surface area contributed by atoms with Crippen molar-refractivity contribution in [2.45, 2.75) is 24.1 Å². The molecule has 6 nitrogen and oxygen atoms in total. The lowest BCUT2D eigenvalue weighted by atomic mass is 10.1. The van der Waals surface area contributed by atoms with Crippen LogP contribution in [0.3, 0.4) is 0 Å². The average Bonchev–Trinajstić information content (AvgIpc) is 2.91. The lowest BCUT2D eigenvalue weighted by molar-refractivity contribution is -0.123. The molecule has 21 heavy (non-hydrogen) atoms. The standard InChI is InChI=1S/C12H21N3O3S2.ClH/c1-9(2)11(13)12(16)14-6-7-15(3)20(17,18)10-5-4-8-19-10;/h4-5,8-9,11H,6-7,13H2,1-3H3,(H,14,16);1H/t11-;/m0./s1. The lowest BCUT2D eigenvalue weighted by Gasteiger charge is -2.18. The van der Waals surface area contributed by atoms with Crippen molar-refractivity contribution in [3.05, 3.63) is 17.5 Å². The zero-order valence-electron chi connectivity index (χ0n) is 12.3. The molecular formula is C12H22ClN3O3S2. The second-order valence-electron chi connectivity index (χ2n) is 4.82. The maximum Gasteiger partial charge on any atom is 0.252 e. The van der Waals surface area contributed by atoms with Gasteiger partial charge < -0.3 is 11.1 Å². The summed E-state index contributed by atoms with van der Waals surface area (Å²) >= 11 is 1.17. The van der Waals surface area contributed by atoms with Crippen LogP contribution in [0.15, 0.2) is 21.7 Å². The molecule has 1 rings (SSSR count). The van der Waals surface area contributed by atoms with Gasteiger partial charge in [-0.2, -0.15) is 4.31 Å². The summed E-state index contributed by atoms with van der Waals surface area (Å²) in [6.07, 6.45) is 0. The maximum absolute atomic E-state index is 12.1. The van der Waals surface area contributed by atoms with Crippen molar-refractivity contribution in [2.75, 3.05) is 20.1 Å². The number of nitrogens with two attached hydrogens (primary N) is 1. The molecule has 1 aromatic rings. The first-order valence-electron chi connectivity index (χ1n) is 6.30. The van der Waals surface area contributed by atoms with Crippen LogP contribution in [0.5, 0.6) is 0 Å². The minimum absolute atomic E-state index is 0. The van der Waals surface area contributed by atoms with Crippen LogP contribution in [-0.2, 0) is 14.8 Å². The van der Waals surface area contributed by atoms with Crippen LogP contribution in [-0.4, -0.2) is 44.8 Å². The number of hydrogen-bond donors (Lipinski definition) is 2. The average molecular weight is 356 g/mol. The fourth-order valence-electron chi connectivity index (χ4n) is 1.44. The summed E-state index contributed by atoms with van der Waals surface area (Å²) in [5.74, 6) is -0.218. The Balaban J connectivity index is 0.00000400. The summed E-state index contributed by atoms with van der Waals surface area (Å²) in [5, 5.41) is 4.36. The van der Waals surface area contributed by atoms with Crippen molar-refractivity contribution < 1.29 is 13.2 Å². The number of amides is 1. The third-order valence-corrected chi connectivity index (χ3v) is 6.14. The van der Waals surface area contributed by atoms with Crippen molar-refractivity contribution in [1.82, 2.24) is 9.62 Å². The van der Waals surface area contributed by atoms with Gasteiger partial charge in [0.25, 0.3) is 10.0 Å². The highest BCUT2D eigenvalue weighted by Gasteiger charge is 2.22. The Hall–Kier alpha value is -0.670. The van der Waals surface area contributed by atoms with Crippen LogP contribution >= 0.6 is 23.7 Å². The molecule has 0 fully saturated rings. The lowest BCUT2D eigenvalue weighted by Crippen LogP contribution is -2.46. The number of nitrogens with zero attached hydrogens (tertiary/aromatic N) is 1. The van der Waals surface area contributed by atoms with Crippen molar-refractivity contribution >= 4 is 39.7 Å². The van der Waals surface area contributed by atoms with E-state index in [1.54, 1.807) is 17.5 Å². The Labute approximate surface area is 136 Å². The quantitative estimate of drug-likeness (QED) is 0.759. The predicted octanol–water partition coefficient (Wildman–Crippen LogP) is 0.890. The van der Waals surface area contributed by atoms with Gasteiger partial charge in [0.15, 0.2) is 0 Å². The third-order valence-electron chi connectivity index (χ3n) is 2.91. The number of carbonyl (C=O) groups is 1. The maximum atomic E-state index is 12.1. The van der Waals surface area contributed by atoms with E-state index in [1.807, 2.05) is 13.8 Å². The number of likely N-dealkylation sites (N-methyl/N-ethyl adjacent to an activating group) is 1. The SMILES string of the molecule is CC(C)[C@H](N)C(=O)NCCN(C)S(=O)(=O)c1cccs1.Cl. The van der Waals surface area contributed by atoms with Crippen LogP contribution in [0.4, 0.5) is 0 Å². The van der Waals surface area contributed by atoms with E-state index >= 15 is 0 Å². The van der Waals surface area contributed by atoms with Crippen LogP contribution < -0.4 is 11.1 Å². The molecule has 1 atom stereocenters. The normalized spacial score (nSPS) is 13.0. The summed E-state index contributed by atoms with van der Waals surface area (Å²) in [7, 11) is -1.97. The minimum atomic E-state index is -3.46. The number of rotatable bonds is 7. The highest BCUT2D eigenvalue weighted by molar-refractivity contribution is 7.91. The summed E-state index contributed by atoms with van der Waals surface area (Å²) in [5.41, 5.74) is 5.70. The molecule has 1 amide bonds. The highest BCUT2D eigenvalue weighted by atomic mass is 35.5. The van der Waals surface area contributed by atoms with E-state index in [9.17, 15) is 13.2 Å². The Morgan fingerprint density at radius 3 is 2.57 bits per heavy atom. The van der Waals surface area contributed by atoms with E-state index in [2.05, 4.69) is 5.32 Å². The zero-order valence-corrected chi connectivity index (χ0v) is 14.7. The van der Waals surface area contributed by atoms with E-state index in [4.69, 9.17) is 5.73 Å². The van der Waals surface area contributed by atoms with E-state index in [1.165, 1.54) is 22.7 Å². The molecule has 0 spiro atoms. The van der Waals surface area contributed by atoms with Crippen LogP contribution in [0.2, 0.25) is 0 Å². The summed E-state index contributed by atoms with van der Waals surface area (Å²) in [6, 6.07) is 2.67. The minimum Gasteiger partial charge on any atom is -0.353 e. The van der Waals surface area contributed by atoms with Crippen LogP contribution in [0.25, 0.3) is 0 Å². The molecule has 0 aliphatic rings. The number of nitrogens with one attached hydrogen (secondary N) is 1. The molecule has 1 aromatic heterocycles. The monoisotopic (exact) mass is 355 g/mol. The Kier molecular flexibility index (Phi) is 8.42. The van der Waals surface area contributed by atoms with E-state index in [0.29, 0.717) is 4.21 Å². The van der Waals surface area contributed by atoms with Crippen molar-refractivity contribution in [2.24, 2.45) is 11.7 Å². The second-order valence-corrected chi connectivity index (χ2v) is 8.04. The molecular weight excluding hydrogens is 334 g/mol. The molecule has 1 heterocycles.